The second kappa shape index (κ2) is 7.24. The van der Waals surface area contributed by atoms with Crippen LogP contribution in [0.5, 0.6) is 0 Å². The smallest absolute Gasteiger partial charge is 0.303 e. The minimum atomic E-state index is -0.684. The maximum atomic E-state index is 10.6. The van der Waals surface area contributed by atoms with E-state index in [1.54, 1.807) is 0 Å². The number of nitrogens with zero attached hydrogens (tertiary/aromatic N) is 2. The molecule has 16 heavy (non-hydrogen) atoms. The van der Waals surface area contributed by atoms with Gasteiger partial charge in [-0.15, -0.1) is 0 Å². The van der Waals surface area contributed by atoms with Gasteiger partial charge in [0, 0.05) is 19.4 Å². The fourth-order valence-electron chi connectivity index (χ4n) is 2.31. The van der Waals surface area contributed by atoms with Gasteiger partial charge in [-0.25, -0.2) is 0 Å². The highest BCUT2D eigenvalue weighted by atomic mass is 16.4. The van der Waals surface area contributed by atoms with Gasteiger partial charge < -0.3 is 10.0 Å². The Morgan fingerprint density at radius 3 is 3.00 bits per heavy atom. The fourth-order valence-corrected chi connectivity index (χ4v) is 2.31. The summed E-state index contributed by atoms with van der Waals surface area (Å²) < 4.78 is 0. The maximum absolute atomic E-state index is 10.6. The van der Waals surface area contributed by atoms with Crippen molar-refractivity contribution in [2.24, 2.45) is 5.92 Å². The van der Waals surface area contributed by atoms with E-state index in [1.807, 2.05) is 0 Å². The number of aliphatic carboxylic acids is 1. The van der Waals surface area contributed by atoms with Gasteiger partial charge in [0.15, 0.2) is 0 Å². The summed E-state index contributed by atoms with van der Waals surface area (Å²) in [5, 5.41) is 17.2. The molecule has 1 unspecified atom stereocenters. The molecule has 0 bridgehead atoms. The predicted molar refractivity (Wildman–Crippen MR) is 60.9 cm³/mol. The zero-order chi connectivity index (χ0) is 11.8. The predicted octanol–water partition coefficient (Wildman–Crippen LogP) is 1.87. The number of carbonyl (C=O) groups is 1. The molecular weight excluding hydrogens is 204 g/mol. The van der Waals surface area contributed by atoms with Crippen LogP contribution in [0.1, 0.15) is 38.5 Å². The molecule has 0 aromatic heterocycles. The van der Waals surface area contributed by atoms with Crippen molar-refractivity contribution in [3.05, 3.63) is 0 Å². The zero-order valence-corrected chi connectivity index (χ0v) is 9.69. The molecule has 0 aliphatic carbocycles. The van der Waals surface area contributed by atoms with Gasteiger partial charge in [-0.05, 0) is 44.7 Å². The fraction of sp³-hybridized carbons (Fsp3) is 0.833. The monoisotopic (exact) mass is 224 g/mol. The summed E-state index contributed by atoms with van der Waals surface area (Å²) in [7, 11) is 0. The Morgan fingerprint density at radius 2 is 2.31 bits per heavy atom. The molecule has 0 amide bonds. The molecule has 90 valence electrons. The quantitative estimate of drug-likeness (QED) is 0.699. The molecular formula is C12H20N2O2. The van der Waals surface area contributed by atoms with Crippen LogP contribution >= 0.6 is 0 Å². The Hall–Kier alpha value is -1.08. The normalized spacial score (nSPS) is 21.6. The third-order valence-corrected chi connectivity index (χ3v) is 3.08. The lowest BCUT2D eigenvalue weighted by molar-refractivity contribution is -0.138. The van der Waals surface area contributed by atoms with E-state index < -0.39 is 5.97 Å². The molecule has 1 aliphatic rings. The number of hydrogen-bond acceptors (Lipinski definition) is 3. The molecule has 0 aromatic rings. The third-order valence-electron chi connectivity index (χ3n) is 3.08. The van der Waals surface area contributed by atoms with Crippen LogP contribution in [0.4, 0.5) is 0 Å². The van der Waals surface area contributed by atoms with Crippen LogP contribution in [0.2, 0.25) is 0 Å². The van der Waals surface area contributed by atoms with Crippen LogP contribution in [0.3, 0.4) is 0 Å². The van der Waals surface area contributed by atoms with Gasteiger partial charge in [-0.2, -0.15) is 5.26 Å². The highest BCUT2D eigenvalue weighted by Crippen LogP contribution is 2.19. The topological polar surface area (TPSA) is 64.3 Å². The number of hydrogen-bond donors (Lipinski definition) is 1. The highest BCUT2D eigenvalue weighted by Gasteiger charge is 2.21. The SMILES string of the molecule is N#CCCCCN1CCCC(CC(=O)O)C1. The van der Waals surface area contributed by atoms with Crippen LogP contribution in [-0.2, 0) is 4.79 Å². The van der Waals surface area contributed by atoms with Crippen molar-refractivity contribution in [2.75, 3.05) is 19.6 Å². The van der Waals surface area contributed by atoms with Crippen molar-refractivity contribution < 1.29 is 9.90 Å². The lowest BCUT2D eigenvalue weighted by Crippen LogP contribution is -2.36. The number of rotatable bonds is 6. The van der Waals surface area contributed by atoms with Crippen molar-refractivity contribution in [3.8, 4) is 6.07 Å². The van der Waals surface area contributed by atoms with E-state index in [4.69, 9.17) is 10.4 Å². The Morgan fingerprint density at radius 1 is 1.50 bits per heavy atom. The lowest BCUT2D eigenvalue weighted by atomic mass is 9.95. The van der Waals surface area contributed by atoms with Crippen LogP contribution in [0.25, 0.3) is 0 Å². The van der Waals surface area contributed by atoms with E-state index in [0.717, 1.165) is 45.3 Å². The van der Waals surface area contributed by atoms with Gasteiger partial charge in [-0.1, -0.05) is 0 Å². The van der Waals surface area contributed by atoms with E-state index >= 15 is 0 Å². The molecule has 0 aromatic carbocycles. The summed E-state index contributed by atoms with van der Waals surface area (Å²) in [6.45, 7) is 3.01. The summed E-state index contributed by atoms with van der Waals surface area (Å²) in [5.74, 6) is -0.362. The molecule has 1 atom stereocenters. The second-order valence-corrected chi connectivity index (χ2v) is 4.52. The standard InChI is InChI=1S/C12H20N2O2/c13-6-2-1-3-7-14-8-4-5-11(10-14)9-12(15)16/h11H,1-5,7-10H2,(H,15,16). The first-order chi connectivity index (χ1) is 7.72. The van der Waals surface area contributed by atoms with Gasteiger partial charge >= 0.3 is 5.97 Å². The zero-order valence-electron chi connectivity index (χ0n) is 9.69. The molecule has 1 saturated heterocycles. The number of carboxylic acid groups (broad SMARTS) is 1. The minimum Gasteiger partial charge on any atom is -0.481 e. The molecule has 0 radical (unpaired) electrons. The second-order valence-electron chi connectivity index (χ2n) is 4.52. The van der Waals surface area contributed by atoms with Gasteiger partial charge in [0.25, 0.3) is 0 Å². The number of piperidine rings is 1. The molecule has 1 rings (SSSR count). The average Bonchev–Trinajstić information content (AvgIpc) is 2.24. The molecule has 1 aliphatic heterocycles. The average molecular weight is 224 g/mol. The maximum Gasteiger partial charge on any atom is 0.303 e. The Kier molecular flexibility index (Phi) is 5.87. The van der Waals surface area contributed by atoms with Crippen LogP contribution in [-0.4, -0.2) is 35.6 Å². The van der Waals surface area contributed by atoms with Crippen molar-refractivity contribution in [3.63, 3.8) is 0 Å². The molecule has 4 heteroatoms. The summed E-state index contributed by atoms with van der Waals surface area (Å²) in [4.78, 5) is 13.0. The lowest BCUT2D eigenvalue weighted by Gasteiger charge is -2.31. The Bertz CT molecular complexity index is 260. The van der Waals surface area contributed by atoms with Crippen molar-refractivity contribution in [1.29, 1.82) is 5.26 Å². The summed E-state index contributed by atoms with van der Waals surface area (Å²) in [6.07, 6.45) is 5.09. The number of nitriles is 1. The van der Waals surface area contributed by atoms with Crippen molar-refractivity contribution in [2.45, 2.75) is 38.5 Å². The molecule has 1 fully saturated rings. The van der Waals surface area contributed by atoms with Gasteiger partial charge in [-0.3, -0.25) is 4.79 Å². The van der Waals surface area contributed by atoms with Gasteiger partial charge in [0.2, 0.25) is 0 Å². The molecule has 0 spiro atoms. The minimum absolute atomic E-state index is 0.300. The van der Waals surface area contributed by atoms with Crippen LogP contribution in [0, 0.1) is 17.2 Å². The van der Waals surface area contributed by atoms with E-state index in [0.29, 0.717) is 18.8 Å². The third kappa shape index (κ3) is 5.13. The van der Waals surface area contributed by atoms with E-state index in [9.17, 15) is 4.79 Å². The van der Waals surface area contributed by atoms with Crippen LogP contribution < -0.4 is 0 Å². The number of unbranched alkanes of at least 4 members (excludes halogenated alkanes) is 2. The van der Waals surface area contributed by atoms with Gasteiger partial charge in [0.05, 0.1) is 6.07 Å². The number of carboxylic acids is 1. The highest BCUT2D eigenvalue weighted by molar-refractivity contribution is 5.67. The molecule has 1 heterocycles. The summed E-state index contributed by atoms with van der Waals surface area (Å²) >= 11 is 0. The van der Waals surface area contributed by atoms with E-state index in [1.165, 1.54) is 0 Å². The summed E-state index contributed by atoms with van der Waals surface area (Å²) in [6, 6.07) is 2.14. The largest absolute Gasteiger partial charge is 0.481 e. The molecule has 1 N–H and O–H groups in total. The van der Waals surface area contributed by atoms with Crippen molar-refractivity contribution >= 4 is 5.97 Å². The van der Waals surface area contributed by atoms with E-state index in [2.05, 4.69) is 11.0 Å². The van der Waals surface area contributed by atoms with Crippen molar-refractivity contribution in [1.82, 2.24) is 4.90 Å². The molecule has 4 nitrogen and oxygen atoms in total. The first-order valence-electron chi connectivity index (χ1n) is 6.03. The van der Waals surface area contributed by atoms with Crippen LogP contribution in [0.15, 0.2) is 0 Å². The summed E-state index contributed by atoms with van der Waals surface area (Å²) in [5.41, 5.74) is 0. The first kappa shape index (κ1) is 13.0. The molecule has 0 saturated carbocycles. The van der Waals surface area contributed by atoms with Gasteiger partial charge in [0.1, 0.15) is 0 Å². The van der Waals surface area contributed by atoms with E-state index in [-0.39, 0.29) is 0 Å². The Balaban J connectivity index is 2.17. The number of likely N-dealkylation sites (tertiary alicyclic amines) is 1. The first-order valence-corrected chi connectivity index (χ1v) is 6.03. The Labute approximate surface area is 96.9 Å².